The van der Waals surface area contributed by atoms with Crippen molar-refractivity contribution in [2.45, 2.75) is 37.2 Å². The number of carbonyl (C=O) groups is 1. The van der Waals surface area contributed by atoms with Crippen LogP contribution >= 0.6 is 11.6 Å². The van der Waals surface area contributed by atoms with Crippen molar-refractivity contribution in [2.75, 3.05) is 6.54 Å². The molecule has 1 aliphatic carbocycles. The number of nitrogens with one attached hydrogen (secondary N) is 1. The summed E-state index contributed by atoms with van der Waals surface area (Å²) in [5, 5.41) is 21.6. The van der Waals surface area contributed by atoms with Crippen LogP contribution in [0.4, 0.5) is 4.79 Å². The van der Waals surface area contributed by atoms with Crippen LogP contribution in [-0.2, 0) is 5.41 Å². The van der Waals surface area contributed by atoms with E-state index in [1.54, 1.807) is 6.07 Å². The lowest BCUT2D eigenvalue weighted by Gasteiger charge is -2.39. The van der Waals surface area contributed by atoms with E-state index in [0.29, 0.717) is 24.4 Å². The molecular formula is C14H18ClNO3. The van der Waals surface area contributed by atoms with E-state index in [1.165, 1.54) is 0 Å². The van der Waals surface area contributed by atoms with Gasteiger partial charge in [-0.2, -0.15) is 0 Å². The average Bonchev–Trinajstić information content (AvgIpc) is 2.38. The van der Waals surface area contributed by atoms with Gasteiger partial charge >= 0.3 is 6.09 Å². The van der Waals surface area contributed by atoms with Crippen molar-refractivity contribution in [3.63, 3.8) is 0 Å². The third kappa shape index (κ3) is 3.39. The van der Waals surface area contributed by atoms with Crippen molar-refractivity contribution in [3.05, 3.63) is 34.9 Å². The Bertz CT molecular complexity index is 456. The van der Waals surface area contributed by atoms with E-state index < -0.39 is 6.09 Å². The topological polar surface area (TPSA) is 69.6 Å². The largest absolute Gasteiger partial charge is 0.465 e. The molecule has 0 aromatic heterocycles. The highest BCUT2D eigenvalue weighted by Crippen LogP contribution is 2.39. The number of benzene rings is 1. The first-order valence-electron chi connectivity index (χ1n) is 6.43. The van der Waals surface area contributed by atoms with Crippen molar-refractivity contribution in [1.29, 1.82) is 0 Å². The standard InChI is InChI=1S/C14H18ClNO3/c15-11-3-1-2-10(8-11)14(9-16-13(18)19)6-4-12(17)5-7-14/h1-3,8,12,16-17H,4-7,9H2,(H,18,19). The fourth-order valence-corrected chi connectivity index (χ4v) is 2.98. The zero-order chi connectivity index (χ0) is 13.9. The van der Waals surface area contributed by atoms with Crippen molar-refractivity contribution in [3.8, 4) is 0 Å². The summed E-state index contributed by atoms with van der Waals surface area (Å²) in [5.74, 6) is 0. The van der Waals surface area contributed by atoms with Gasteiger partial charge in [0.15, 0.2) is 0 Å². The van der Waals surface area contributed by atoms with Gasteiger partial charge in [-0.3, -0.25) is 0 Å². The highest BCUT2D eigenvalue weighted by molar-refractivity contribution is 6.30. The molecule has 1 aromatic rings. The Morgan fingerprint density at radius 2 is 2.11 bits per heavy atom. The smallest absolute Gasteiger partial charge is 0.404 e. The van der Waals surface area contributed by atoms with Gasteiger partial charge in [-0.05, 0) is 43.4 Å². The summed E-state index contributed by atoms with van der Waals surface area (Å²) in [6.45, 7) is 0.357. The second-order valence-corrected chi connectivity index (χ2v) is 5.62. The molecule has 0 unspecified atom stereocenters. The van der Waals surface area contributed by atoms with Gasteiger partial charge in [-0.15, -0.1) is 0 Å². The van der Waals surface area contributed by atoms with E-state index >= 15 is 0 Å². The Labute approximate surface area is 117 Å². The summed E-state index contributed by atoms with van der Waals surface area (Å²) >= 11 is 6.03. The first-order chi connectivity index (χ1) is 9.02. The van der Waals surface area contributed by atoms with E-state index in [1.807, 2.05) is 18.2 Å². The van der Waals surface area contributed by atoms with E-state index in [9.17, 15) is 9.90 Å². The molecule has 104 valence electrons. The monoisotopic (exact) mass is 283 g/mol. The van der Waals surface area contributed by atoms with Crippen LogP contribution in [0.3, 0.4) is 0 Å². The van der Waals surface area contributed by atoms with Gasteiger partial charge in [-0.1, -0.05) is 23.7 Å². The molecule has 19 heavy (non-hydrogen) atoms. The van der Waals surface area contributed by atoms with Crippen LogP contribution in [-0.4, -0.2) is 29.0 Å². The molecule has 1 fully saturated rings. The summed E-state index contributed by atoms with van der Waals surface area (Å²) in [7, 11) is 0. The first kappa shape index (κ1) is 14.2. The molecule has 0 spiro atoms. The van der Waals surface area contributed by atoms with Crippen molar-refractivity contribution in [2.24, 2.45) is 0 Å². The molecule has 0 bridgehead atoms. The Kier molecular flexibility index (Phi) is 4.32. The van der Waals surface area contributed by atoms with Crippen molar-refractivity contribution < 1.29 is 15.0 Å². The summed E-state index contributed by atoms with van der Waals surface area (Å²) in [6, 6.07) is 7.56. The maximum absolute atomic E-state index is 10.8. The second-order valence-electron chi connectivity index (χ2n) is 5.18. The molecule has 1 amide bonds. The molecule has 1 aliphatic rings. The fourth-order valence-electron chi connectivity index (χ4n) is 2.79. The first-order valence-corrected chi connectivity index (χ1v) is 6.80. The van der Waals surface area contributed by atoms with Crippen LogP contribution < -0.4 is 5.32 Å². The minimum Gasteiger partial charge on any atom is -0.465 e. The molecule has 0 heterocycles. The minimum absolute atomic E-state index is 0.261. The summed E-state index contributed by atoms with van der Waals surface area (Å²) in [4.78, 5) is 10.8. The SMILES string of the molecule is O=C(O)NCC1(c2cccc(Cl)c2)CCC(O)CC1. The predicted octanol–water partition coefficient (Wildman–Crippen LogP) is 2.78. The number of hydrogen-bond acceptors (Lipinski definition) is 2. The highest BCUT2D eigenvalue weighted by Gasteiger charge is 2.36. The molecule has 0 atom stereocenters. The summed E-state index contributed by atoms with van der Waals surface area (Å²) < 4.78 is 0. The molecule has 0 aliphatic heterocycles. The predicted molar refractivity (Wildman–Crippen MR) is 73.6 cm³/mol. The highest BCUT2D eigenvalue weighted by atomic mass is 35.5. The van der Waals surface area contributed by atoms with E-state index in [0.717, 1.165) is 18.4 Å². The van der Waals surface area contributed by atoms with Crippen LogP contribution in [0.2, 0.25) is 5.02 Å². The van der Waals surface area contributed by atoms with E-state index in [-0.39, 0.29) is 11.5 Å². The molecular weight excluding hydrogens is 266 g/mol. The molecule has 0 radical (unpaired) electrons. The molecule has 5 heteroatoms. The zero-order valence-electron chi connectivity index (χ0n) is 10.6. The van der Waals surface area contributed by atoms with Crippen LogP contribution in [0, 0.1) is 0 Å². The number of halogens is 1. The van der Waals surface area contributed by atoms with Gasteiger partial charge in [0.2, 0.25) is 0 Å². The maximum Gasteiger partial charge on any atom is 0.404 e. The summed E-state index contributed by atoms with van der Waals surface area (Å²) in [5.41, 5.74) is 0.781. The number of rotatable bonds is 3. The van der Waals surface area contributed by atoms with Crippen LogP contribution in [0.5, 0.6) is 0 Å². The van der Waals surface area contributed by atoms with Crippen molar-refractivity contribution in [1.82, 2.24) is 5.32 Å². The molecule has 1 aromatic carbocycles. The zero-order valence-corrected chi connectivity index (χ0v) is 11.4. The lowest BCUT2D eigenvalue weighted by molar-refractivity contribution is 0.0941. The maximum atomic E-state index is 10.8. The third-order valence-corrected chi connectivity index (χ3v) is 4.16. The lowest BCUT2D eigenvalue weighted by atomic mass is 9.68. The lowest BCUT2D eigenvalue weighted by Crippen LogP contribution is -2.43. The Balaban J connectivity index is 2.25. The summed E-state index contributed by atoms with van der Waals surface area (Å²) in [6.07, 6.45) is 1.59. The van der Waals surface area contributed by atoms with E-state index in [2.05, 4.69) is 5.32 Å². The quantitative estimate of drug-likeness (QED) is 0.799. The Hall–Kier alpha value is -1.26. The van der Waals surface area contributed by atoms with Gasteiger partial charge in [-0.25, -0.2) is 4.79 Å². The third-order valence-electron chi connectivity index (χ3n) is 3.93. The number of aliphatic hydroxyl groups excluding tert-OH is 1. The van der Waals surface area contributed by atoms with Gasteiger partial charge in [0, 0.05) is 17.0 Å². The number of amides is 1. The number of carboxylic acid groups (broad SMARTS) is 1. The van der Waals surface area contributed by atoms with Crippen molar-refractivity contribution >= 4 is 17.7 Å². The van der Waals surface area contributed by atoms with Gasteiger partial charge < -0.3 is 15.5 Å². The van der Waals surface area contributed by atoms with Crippen LogP contribution in [0.15, 0.2) is 24.3 Å². The minimum atomic E-state index is -1.02. The number of aliphatic hydroxyl groups is 1. The van der Waals surface area contributed by atoms with Crippen LogP contribution in [0.25, 0.3) is 0 Å². The Morgan fingerprint density at radius 1 is 1.42 bits per heavy atom. The molecule has 0 saturated heterocycles. The molecule has 2 rings (SSSR count). The fraction of sp³-hybridized carbons (Fsp3) is 0.500. The van der Waals surface area contributed by atoms with E-state index in [4.69, 9.17) is 16.7 Å². The normalized spacial score (nSPS) is 26.9. The second kappa shape index (κ2) is 5.80. The Morgan fingerprint density at radius 3 is 2.68 bits per heavy atom. The molecule has 1 saturated carbocycles. The van der Waals surface area contributed by atoms with Gasteiger partial charge in [0.25, 0.3) is 0 Å². The molecule has 3 N–H and O–H groups in total. The van der Waals surface area contributed by atoms with Gasteiger partial charge in [0.1, 0.15) is 0 Å². The molecule has 4 nitrogen and oxygen atoms in total. The van der Waals surface area contributed by atoms with Gasteiger partial charge in [0.05, 0.1) is 6.10 Å². The number of hydrogen-bond donors (Lipinski definition) is 3. The van der Waals surface area contributed by atoms with Crippen LogP contribution in [0.1, 0.15) is 31.2 Å². The average molecular weight is 284 g/mol.